The molecule has 0 aromatic heterocycles. The highest BCUT2D eigenvalue weighted by atomic mass is 19.1. The third-order valence-corrected chi connectivity index (χ3v) is 14.2. The number of aliphatic carboxylic acids is 1. The van der Waals surface area contributed by atoms with Gasteiger partial charge in [-0.2, -0.15) is 0 Å². The molecule has 1 saturated carbocycles. The summed E-state index contributed by atoms with van der Waals surface area (Å²) in [5.74, 6) is -6.07. The minimum atomic E-state index is -1.40. The Hall–Kier alpha value is -5.23. The van der Waals surface area contributed by atoms with Gasteiger partial charge in [0.15, 0.2) is 0 Å². The maximum Gasteiger partial charge on any atom is 0.326 e. The zero-order valence-electron chi connectivity index (χ0n) is 41.7. The molecule has 17 nitrogen and oxygen atoms in total. The fourth-order valence-corrected chi connectivity index (χ4v) is 10.00. The van der Waals surface area contributed by atoms with Crippen LogP contribution in [0.3, 0.4) is 0 Å². The molecule has 1 aliphatic carbocycles. The van der Waals surface area contributed by atoms with Gasteiger partial charge in [0.2, 0.25) is 29.5 Å². The maximum atomic E-state index is 14.6. The van der Waals surface area contributed by atoms with E-state index >= 15 is 0 Å². The minimum absolute atomic E-state index is 0.0805. The zero-order chi connectivity index (χ0) is 50.7. The number of hydrogen-bond acceptors (Lipinski definition) is 10. The van der Waals surface area contributed by atoms with Crippen LogP contribution in [0.2, 0.25) is 0 Å². The monoisotopic (exact) mass is 955 g/mol. The lowest BCUT2D eigenvalue weighted by molar-refractivity contribution is -0.149. The number of carboxylic acids is 1. The summed E-state index contributed by atoms with van der Waals surface area (Å²) in [7, 11) is 6.16. The number of halogens is 1. The number of nitrogens with zero attached hydrogens (tertiary/aromatic N) is 4. The van der Waals surface area contributed by atoms with E-state index in [0.717, 1.165) is 11.3 Å². The third-order valence-electron chi connectivity index (χ3n) is 14.2. The molecule has 4 rings (SSSR count). The largest absolute Gasteiger partial charge is 0.480 e. The number of likely N-dealkylation sites (tertiary alicyclic amines) is 1. The summed E-state index contributed by atoms with van der Waals surface area (Å²) in [6, 6.07) is 1.30. The Balaban J connectivity index is 1.44. The van der Waals surface area contributed by atoms with Crippen LogP contribution in [-0.4, -0.2) is 155 Å². The predicted molar refractivity (Wildman–Crippen MR) is 251 cm³/mol. The number of fused-ring (bicyclic) bond motifs is 1. The Bertz CT molecular complexity index is 2000. The lowest BCUT2D eigenvalue weighted by Crippen LogP contribution is -2.60. The van der Waals surface area contributed by atoms with E-state index in [2.05, 4.69) is 10.6 Å². The first kappa shape index (κ1) is 55.4. The second-order valence-electron chi connectivity index (χ2n) is 19.6. The van der Waals surface area contributed by atoms with E-state index < -0.39 is 71.9 Å². The summed E-state index contributed by atoms with van der Waals surface area (Å²) in [6.45, 7) is 13.1. The Morgan fingerprint density at radius 3 is 2.06 bits per heavy atom. The molecule has 18 heteroatoms. The zero-order valence-corrected chi connectivity index (χ0v) is 41.7. The normalized spacial score (nSPS) is 21.1. The lowest BCUT2D eigenvalue weighted by Gasteiger charge is -2.41. The van der Waals surface area contributed by atoms with Gasteiger partial charge in [-0.15, -0.1) is 0 Å². The van der Waals surface area contributed by atoms with E-state index in [4.69, 9.17) is 9.47 Å². The number of imide groups is 1. The molecule has 2 heterocycles. The van der Waals surface area contributed by atoms with Crippen LogP contribution in [0.4, 0.5) is 4.39 Å². The fraction of sp³-hybridized carbons (Fsp3) is 0.680. The number of rotatable bonds is 27. The average Bonchev–Trinajstić information content (AvgIpc) is 3.84. The molecule has 378 valence electrons. The molecular weight excluding hydrogens is 880 g/mol. The molecular formula is C50H75FN6O11. The minimum Gasteiger partial charge on any atom is -0.480 e. The molecule has 0 spiro atoms. The fourth-order valence-electron chi connectivity index (χ4n) is 10.00. The molecule has 11 atom stereocenters. The van der Waals surface area contributed by atoms with Gasteiger partial charge in [0, 0.05) is 65.9 Å². The summed E-state index contributed by atoms with van der Waals surface area (Å²) in [4.78, 5) is 112. The van der Waals surface area contributed by atoms with Gasteiger partial charge in [-0.05, 0) is 61.0 Å². The first-order valence-corrected chi connectivity index (χ1v) is 24.1. The predicted octanol–water partition coefficient (Wildman–Crippen LogP) is 3.97. The molecule has 7 amide bonds. The molecule has 68 heavy (non-hydrogen) atoms. The van der Waals surface area contributed by atoms with Crippen LogP contribution in [0.15, 0.2) is 36.4 Å². The highest BCUT2D eigenvalue weighted by Crippen LogP contribution is 2.50. The van der Waals surface area contributed by atoms with Gasteiger partial charge in [-0.1, -0.05) is 79.5 Å². The smallest absolute Gasteiger partial charge is 0.326 e. The van der Waals surface area contributed by atoms with Crippen molar-refractivity contribution in [2.45, 2.75) is 155 Å². The van der Waals surface area contributed by atoms with Crippen LogP contribution in [0.5, 0.6) is 0 Å². The van der Waals surface area contributed by atoms with Gasteiger partial charge < -0.3 is 39.9 Å². The van der Waals surface area contributed by atoms with Crippen molar-refractivity contribution in [3.63, 3.8) is 0 Å². The number of carboxylic acid groups (broad SMARTS) is 1. The molecule has 2 aliphatic heterocycles. The van der Waals surface area contributed by atoms with Crippen LogP contribution in [0.25, 0.3) is 0 Å². The van der Waals surface area contributed by atoms with E-state index in [1.54, 1.807) is 36.9 Å². The van der Waals surface area contributed by atoms with Gasteiger partial charge in [0.05, 0.1) is 36.6 Å². The number of carbonyl (C=O) groups is 8. The van der Waals surface area contributed by atoms with Crippen molar-refractivity contribution in [2.24, 2.45) is 29.6 Å². The molecule has 1 aromatic carbocycles. The van der Waals surface area contributed by atoms with Gasteiger partial charge >= 0.3 is 5.97 Å². The van der Waals surface area contributed by atoms with Crippen molar-refractivity contribution in [3.8, 4) is 0 Å². The van der Waals surface area contributed by atoms with Crippen LogP contribution in [-0.2, 0) is 54.3 Å². The molecule has 1 saturated heterocycles. The average molecular weight is 955 g/mol. The Labute approximate surface area is 400 Å². The van der Waals surface area contributed by atoms with E-state index in [-0.39, 0.29) is 90.6 Å². The van der Waals surface area contributed by atoms with E-state index in [1.807, 2.05) is 41.5 Å². The van der Waals surface area contributed by atoms with Crippen molar-refractivity contribution in [2.75, 3.05) is 34.9 Å². The standard InChI is InChI=1S/C50H75FN6O11/c1-12-30(6)45(55(9)49(64)43(28(2)3)53-48(63)44(29(4)5)54(8)39(58)20-14-13-17-23-56-40(59)21-22-41(56)60)38(67-10)27-42(61)57-36-25-33(36)26-37(57)46(68-11)31(7)47(62)52-35(50(65)66)24-32-18-15-16-19-34(32)51/h15-16,18-19,21-22,28-31,33,35-38,43-46H,12-14,17,20,23-27H2,1-11H3,(H,52,62)(H,53,63)(H,65,66)/t30-,31+,33-,35-,36-,37-,38+,43-,44-,45?,46+/m0/s1. The molecule has 0 radical (unpaired) electrons. The van der Waals surface area contributed by atoms with Gasteiger partial charge in [0.25, 0.3) is 11.8 Å². The molecule has 1 unspecified atom stereocenters. The number of ether oxygens (including phenoxy) is 2. The number of benzene rings is 1. The quantitative estimate of drug-likeness (QED) is 0.0849. The molecule has 2 fully saturated rings. The van der Waals surface area contributed by atoms with Crippen molar-refractivity contribution in [3.05, 3.63) is 47.8 Å². The third kappa shape index (κ3) is 13.5. The number of carbonyl (C=O) groups excluding carboxylic acids is 7. The van der Waals surface area contributed by atoms with Crippen molar-refractivity contribution >= 4 is 47.3 Å². The Morgan fingerprint density at radius 2 is 1.50 bits per heavy atom. The van der Waals surface area contributed by atoms with Gasteiger partial charge in [-0.3, -0.25) is 38.5 Å². The number of likely N-dealkylation sites (N-methyl/N-ethyl adjacent to an activating group) is 2. The summed E-state index contributed by atoms with van der Waals surface area (Å²) in [5.41, 5.74) is 0.147. The molecule has 1 aromatic rings. The highest BCUT2D eigenvalue weighted by molar-refractivity contribution is 6.12. The van der Waals surface area contributed by atoms with Crippen LogP contribution < -0.4 is 10.6 Å². The topological polar surface area (TPSA) is 212 Å². The number of nitrogens with one attached hydrogen (secondary N) is 2. The van der Waals surface area contributed by atoms with Crippen molar-refractivity contribution < 1.29 is 57.3 Å². The summed E-state index contributed by atoms with van der Waals surface area (Å²) >= 11 is 0. The van der Waals surface area contributed by atoms with Crippen LogP contribution >= 0.6 is 0 Å². The number of unbranched alkanes of at least 4 members (excludes halogenated alkanes) is 2. The van der Waals surface area contributed by atoms with E-state index in [9.17, 15) is 47.9 Å². The summed E-state index contributed by atoms with van der Waals surface area (Å²) in [5, 5.41) is 15.5. The summed E-state index contributed by atoms with van der Waals surface area (Å²) in [6.07, 6.45) is 4.31. The number of piperidine rings is 1. The number of hydrogen-bond donors (Lipinski definition) is 3. The lowest BCUT2D eigenvalue weighted by atomic mass is 9.89. The first-order chi connectivity index (χ1) is 32.1. The van der Waals surface area contributed by atoms with Crippen molar-refractivity contribution in [1.82, 2.24) is 30.2 Å². The molecule has 3 aliphatic rings. The first-order valence-electron chi connectivity index (χ1n) is 24.1. The second-order valence-corrected chi connectivity index (χ2v) is 19.6. The Kier molecular flexibility index (Phi) is 20.3. The highest BCUT2D eigenvalue weighted by Gasteiger charge is 2.57. The maximum absolute atomic E-state index is 14.6. The molecule has 0 bridgehead atoms. The number of methoxy groups -OCH3 is 2. The number of amides is 7. The SMILES string of the molecule is CC[C@H](C)C([C@@H](CC(=O)N1[C@H]2C[C@H]2C[C@H]1[C@H](OC)[C@@H](C)C(=O)N[C@@H](Cc1ccccc1F)C(=O)O)OC)N(C)C(=O)[C@@H](NC(=O)[C@H](C(C)C)N(C)C(=O)CCCCCN1C(=O)C=CC1=O)C(C)C. The summed E-state index contributed by atoms with van der Waals surface area (Å²) < 4.78 is 26.4. The van der Waals surface area contributed by atoms with E-state index in [1.165, 1.54) is 49.5 Å². The van der Waals surface area contributed by atoms with Crippen molar-refractivity contribution in [1.29, 1.82) is 0 Å². The Morgan fingerprint density at radius 1 is 0.853 bits per heavy atom. The van der Waals surface area contributed by atoms with Crippen LogP contribution in [0.1, 0.15) is 105 Å². The second kappa shape index (κ2) is 24.9. The van der Waals surface area contributed by atoms with Gasteiger partial charge in [-0.25, -0.2) is 9.18 Å². The van der Waals surface area contributed by atoms with Crippen LogP contribution in [0, 0.1) is 35.4 Å². The van der Waals surface area contributed by atoms with E-state index in [0.29, 0.717) is 32.1 Å². The van der Waals surface area contributed by atoms with Gasteiger partial charge in [0.1, 0.15) is 23.9 Å². The molecule has 3 N–H and O–H groups in total.